The number of alkyl halides is 1. The molecule has 0 bridgehead atoms. The van der Waals surface area contributed by atoms with Crippen LogP contribution in [-0.4, -0.2) is 25.5 Å². The number of hydrogen-bond acceptors (Lipinski definition) is 2. The standard InChI is InChI=1S/C12H14FNO/c13-11-5-3-7-14(8-11)12-6-2-1-4-10(12)9-15/h1-2,4,6,9,11H,3,5,7-8H2. The Balaban J connectivity index is 2.24. The van der Waals surface area contributed by atoms with Crippen molar-refractivity contribution in [2.24, 2.45) is 0 Å². The Morgan fingerprint density at radius 1 is 1.40 bits per heavy atom. The lowest BCUT2D eigenvalue weighted by atomic mass is 10.1. The number of piperidine rings is 1. The molecule has 0 aromatic heterocycles. The molecule has 2 nitrogen and oxygen atoms in total. The van der Waals surface area contributed by atoms with Gasteiger partial charge in [0.25, 0.3) is 0 Å². The van der Waals surface area contributed by atoms with Crippen LogP contribution in [0.5, 0.6) is 0 Å². The lowest BCUT2D eigenvalue weighted by Crippen LogP contribution is -2.36. The number of halogens is 1. The van der Waals surface area contributed by atoms with Crippen molar-refractivity contribution < 1.29 is 9.18 Å². The summed E-state index contributed by atoms with van der Waals surface area (Å²) in [7, 11) is 0. The van der Waals surface area contributed by atoms with Gasteiger partial charge in [-0.05, 0) is 25.0 Å². The largest absolute Gasteiger partial charge is 0.368 e. The minimum absolute atomic E-state index is 0.408. The summed E-state index contributed by atoms with van der Waals surface area (Å²) in [5.74, 6) is 0. The molecule has 0 aliphatic carbocycles. The Morgan fingerprint density at radius 3 is 2.93 bits per heavy atom. The first kappa shape index (κ1) is 10.1. The molecule has 1 aromatic carbocycles. The third kappa shape index (κ3) is 2.17. The molecule has 1 aliphatic heterocycles. The van der Waals surface area contributed by atoms with Gasteiger partial charge in [-0.2, -0.15) is 0 Å². The maximum absolute atomic E-state index is 13.2. The van der Waals surface area contributed by atoms with E-state index in [0.29, 0.717) is 18.5 Å². The molecule has 0 N–H and O–H groups in total. The number of carbonyl (C=O) groups excluding carboxylic acids is 1. The summed E-state index contributed by atoms with van der Waals surface area (Å²) < 4.78 is 13.2. The van der Waals surface area contributed by atoms with Gasteiger partial charge in [0.2, 0.25) is 0 Å². The molecule has 1 aliphatic rings. The van der Waals surface area contributed by atoms with Gasteiger partial charge in [0, 0.05) is 24.3 Å². The smallest absolute Gasteiger partial charge is 0.152 e. The van der Waals surface area contributed by atoms with Crippen LogP contribution in [0.25, 0.3) is 0 Å². The predicted molar refractivity (Wildman–Crippen MR) is 58.2 cm³/mol. The monoisotopic (exact) mass is 207 g/mol. The number of anilines is 1. The number of nitrogens with zero attached hydrogens (tertiary/aromatic N) is 1. The number of carbonyl (C=O) groups is 1. The van der Waals surface area contributed by atoms with Gasteiger partial charge in [-0.25, -0.2) is 4.39 Å². The molecule has 0 saturated carbocycles. The van der Waals surface area contributed by atoms with Gasteiger partial charge >= 0.3 is 0 Å². The topological polar surface area (TPSA) is 20.3 Å². The number of benzene rings is 1. The van der Waals surface area contributed by atoms with Gasteiger partial charge < -0.3 is 4.90 Å². The molecule has 2 rings (SSSR count). The fourth-order valence-electron chi connectivity index (χ4n) is 2.02. The van der Waals surface area contributed by atoms with Crippen LogP contribution in [0.4, 0.5) is 10.1 Å². The summed E-state index contributed by atoms with van der Waals surface area (Å²) in [5.41, 5.74) is 1.50. The van der Waals surface area contributed by atoms with Crippen LogP contribution in [0, 0.1) is 0 Å². The average Bonchev–Trinajstić information content (AvgIpc) is 2.29. The van der Waals surface area contributed by atoms with Crippen LogP contribution in [0.3, 0.4) is 0 Å². The Morgan fingerprint density at radius 2 is 2.20 bits per heavy atom. The van der Waals surface area contributed by atoms with E-state index in [1.54, 1.807) is 6.07 Å². The highest BCUT2D eigenvalue weighted by Crippen LogP contribution is 2.23. The fraction of sp³-hybridized carbons (Fsp3) is 0.417. The van der Waals surface area contributed by atoms with Gasteiger partial charge in [-0.3, -0.25) is 4.79 Å². The Labute approximate surface area is 88.7 Å². The van der Waals surface area contributed by atoms with Crippen molar-refractivity contribution in [3.63, 3.8) is 0 Å². The zero-order valence-corrected chi connectivity index (χ0v) is 8.53. The Hall–Kier alpha value is -1.38. The fourth-order valence-corrected chi connectivity index (χ4v) is 2.02. The van der Waals surface area contributed by atoms with Crippen LogP contribution in [-0.2, 0) is 0 Å². The summed E-state index contributed by atoms with van der Waals surface area (Å²) in [6.45, 7) is 1.25. The van der Waals surface area contributed by atoms with E-state index in [1.165, 1.54) is 0 Å². The summed E-state index contributed by atoms with van der Waals surface area (Å²) in [4.78, 5) is 12.8. The third-order valence-electron chi connectivity index (χ3n) is 2.77. The molecule has 1 heterocycles. The number of aldehydes is 1. The van der Waals surface area contributed by atoms with Crippen LogP contribution in [0.15, 0.2) is 24.3 Å². The lowest BCUT2D eigenvalue weighted by Gasteiger charge is -2.31. The van der Waals surface area contributed by atoms with E-state index in [0.717, 1.165) is 24.9 Å². The predicted octanol–water partition coefficient (Wildman–Crippen LogP) is 2.44. The first-order valence-corrected chi connectivity index (χ1v) is 5.24. The normalized spacial score (nSPS) is 21.4. The molecule has 1 saturated heterocycles. The summed E-state index contributed by atoms with van der Waals surface area (Å²) in [5, 5.41) is 0. The second-order valence-corrected chi connectivity index (χ2v) is 3.86. The molecule has 15 heavy (non-hydrogen) atoms. The van der Waals surface area contributed by atoms with Gasteiger partial charge in [-0.15, -0.1) is 0 Å². The van der Waals surface area contributed by atoms with Crippen molar-refractivity contribution >= 4 is 12.0 Å². The molecule has 3 heteroatoms. The first-order valence-electron chi connectivity index (χ1n) is 5.24. The molecule has 1 unspecified atom stereocenters. The van der Waals surface area contributed by atoms with Crippen molar-refractivity contribution in [1.29, 1.82) is 0 Å². The maximum Gasteiger partial charge on any atom is 0.152 e. The molecular formula is C12H14FNO. The number of hydrogen-bond donors (Lipinski definition) is 0. The zero-order chi connectivity index (χ0) is 10.7. The highest BCUT2D eigenvalue weighted by molar-refractivity contribution is 5.84. The van der Waals surface area contributed by atoms with E-state index in [9.17, 15) is 9.18 Å². The molecule has 0 amide bonds. The lowest BCUT2D eigenvalue weighted by molar-refractivity contribution is 0.112. The van der Waals surface area contributed by atoms with E-state index < -0.39 is 6.17 Å². The van der Waals surface area contributed by atoms with Gasteiger partial charge in [0.1, 0.15) is 6.17 Å². The summed E-state index contributed by atoms with van der Waals surface area (Å²) in [6.07, 6.45) is 1.56. The molecule has 1 aromatic rings. The van der Waals surface area contributed by atoms with Crippen molar-refractivity contribution in [3.8, 4) is 0 Å². The van der Waals surface area contributed by atoms with Gasteiger partial charge in [0.15, 0.2) is 6.29 Å². The zero-order valence-electron chi connectivity index (χ0n) is 8.53. The molecule has 1 atom stereocenters. The van der Waals surface area contributed by atoms with Crippen molar-refractivity contribution in [2.75, 3.05) is 18.0 Å². The summed E-state index contributed by atoms with van der Waals surface area (Å²) in [6, 6.07) is 7.35. The minimum Gasteiger partial charge on any atom is -0.368 e. The Kier molecular flexibility index (Phi) is 2.99. The minimum atomic E-state index is -0.765. The highest BCUT2D eigenvalue weighted by atomic mass is 19.1. The van der Waals surface area contributed by atoms with E-state index in [1.807, 2.05) is 23.1 Å². The van der Waals surface area contributed by atoms with Crippen LogP contribution >= 0.6 is 0 Å². The Bertz CT molecular complexity index is 353. The summed E-state index contributed by atoms with van der Waals surface area (Å²) >= 11 is 0. The highest BCUT2D eigenvalue weighted by Gasteiger charge is 2.20. The quantitative estimate of drug-likeness (QED) is 0.694. The van der Waals surface area contributed by atoms with Crippen LogP contribution in [0.1, 0.15) is 23.2 Å². The average molecular weight is 207 g/mol. The number of rotatable bonds is 2. The van der Waals surface area contributed by atoms with E-state index >= 15 is 0 Å². The van der Waals surface area contributed by atoms with Crippen LogP contribution < -0.4 is 4.90 Å². The second kappa shape index (κ2) is 4.43. The molecular weight excluding hydrogens is 193 g/mol. The van der Waals surface area contributed by atoms with Crippen LogP contribution in [0.2, 0.25) is 0 Å². The van der Waals surface area contributed by atoms with Crippen molar-refractivity contribution in [1.82, 2.24) is 0 Å². The van der Waals surface area contributed by atoms with E-state index in [4.69, 9.17) is 0 Å². The third-order valence-corrected chi connectivity index (χ3v) is 2.77. The first-order chi connectivity index (χ1) is 7.31. The van der Waals surface area contributed by atoms with Crippen molar-refractivity contribution in [3.05, 3.63) is 29.8 Å². The molecule has 0 spiro atoms. The second-order valence-electron chi connectivity index (χ2n) is 3.86. The maximum atomic E-state index is 13.2. The van der Waals surface area contributed by atoms with Gasteiger partial charge in [0.05, 0.1) is 0 Å². The SMILES string of the molecule is O=Cc1ccccc1N1CCCC(F)C1. The van der Waals surface area contributed by atoms with E-state index in [2.05, 4.69) is 0 Å². The number of para-hydroxylation sites is 1. The van der Waals surface area contributed by atoms with Crippen molar-refractivity contribution in [2.45, 2.75) is 19.0 Å². The van der Waals surface area contributed by atoms with E-state index in [-0.39, 0.29) is 0 Å². The van der Waals surface area contributed by atoms with Gasteiger partial charge in [-0.1, -0.05) is 12.1 Å². The molecule has 1 fully saturated rings. The molecule has 0 radical (unpaired) electrons. The molecule has 80 valence electrons.